The van der Waals surface area contributed by atoms with Crippen LogP contribution in [0.1, 0.15) is 11.3 Å². The summed E-state index contributed by atoms with van der Waals surface area (Å²) in [5, 5.41) is 7.67. The van der Waals surface area contributed by atoms with Gasteiger partial charge < -0.3 is 9.26 Å². The van der Waals surface area contributed by atoms with E-state index in [2.05, 4.69) is 14.8 Å². The van der Waals surface area contributed by atoms with Gasteiger partial charge in [0.15, 0.2) is 5.75 Å². The average molecular weight is 309 g/mol. The number of halogens is 3. The van der Waals surface area contributed by atoms with E-state index in [4.69, 9.17) is 4.74 Å². The Labute approximate surface area is 122 Å². The van der Waals surface area contributed by atoms with Gasteiger partial charge in [0, 0.05) is 6.07 Å². The molecule has 2 heterocycles. The molecule has 0 N–H and O–H groups in total. The number of aromatic nitrogens is 3. The first-order valence-corrected chi connectivity index (χ1v) is 6.27. The van der Waals surface area contributed by atoms with Crippen molar-refractivity contribution in [2.24, 2.45) is 0 Å². The van der Waals surface area contributed by atoms with E-state index >= 15 is 0 Å². The number of alkyl halides is 3. The molecule has 3 rings (SSSR count). The van der Waals surface area contributed by atoms with Crippen LogP contribution in [0.3, 0.4) is 0 Å². The zero-order valence-electron chi connectivity index (χ0n) is 11.1. The molecule has 2 aromatic heterocycles. The number of nitrogens with zero attached hydrogens (tertiary/aromatic N) is 3. The van der Waals surface area contributed by atoms with Crippen LogP contribution in [-0.4, -0.2) is 14.9 Å². The highest BCUT2D eigenvalue weighted by atomic mass is 19.4. The summed E-state index contributed by atoms with van der Waals surface area (Å²) in [4.78, 5) is 0. The predicted molar refractivity (Wildman–Crippen MR) is 69.4 cm³/mol. The van der Waals surface area contributed by atoms with Crippen LogP contribution in [-0.2, 0) is 12.8 Å². The molecule has 0 amide bonds. The number of hydrogen-bond acceptors (Lipinski definition) is 4. The lowest BCUT2D eigenvalue weighted by Crippen LogP contribution is -2.06. The SMILES string of the molecule is FC(F)(F)c1cccc(-n2cc(OCc3ccon3)cn2)c1. The number of rotatable bonds is 4. The van der Waals surface area contributed by atoms with Crippen molar-refractivity contribution in [1.29, 1.82) is 0 Å². The summed E-state index contributed by atoms with van der Waals surface area (Å²) in [6.07, 6.45) is -0.0594. The van der Waals surface area contributed by atoms with Gasteiger partial charge in [-0.2, -0.15) is 18.3 Å². The third-order valence-electron chi connectivity index (χ3n) is 2.87. The molecule has 1 aromatic carbocycles. The smallest absolute Gasteiger partial charge is 0.416 e. The molecule has 0 fully saturated rings. The first kappa shape index (κ1) is 14.2. The van der Waals surface area contributed by atoms with Crippen molar-refractivity contribution in [3.05, 3.63) is 60.2 Å². The summed E-state index contributed by atoms with van der Waals surface area (Å²) in [6, 6.07) is 6.54. The molecule has 3 aromatic rings. The van der Waals surface area contributed by atoms with E-state index in [0.29, 0.717) is 17.1 Å². The van der Waals surface area contributed by atoms with Crippen LogP contribution in [0, 0.1) is 0 Å². The highest BCUT2D eigenvalue weighted by molar-refractivity contribution is 5.37. The number of benzene rings is 1. The van der Waals surface area contributed by atoms with E-state index in [0.717, 1.165) is 12.1 Å². The minimum Gasteiger partial charge on any atom is -0.484 e. The molecule has 0 saturated heterocycles. The lowest BCUT2D eigenvalue weighted by molar-refractivity contribution is -0.137. The van der Waals surface area contributed by atoms with Crippen LogP contribution in [0.25, 0.3) is 5.69 Å². The molecule has 0 aliphatic carbocycles. The van der Waals surface area contributed by atoms with E-state index in [-0.39, 0.29) is 6.61 Å². The first-order valence-electron chi connectivity index (χ1n) is 6.27. The van der Waals surface area contributed by atoms with Crippen LogP contribution in [0.4, 0.5) is 13.2 Å². The molecule has 22 heavy (non-hydrogen) atoms. The maximum atomic E-state index is 12.7. The topological polar surface area (TPSA) is 53.1 Å². The van der Waals surface area contributed by atoms with E-state index in [9.17, 15) is 13.2 Å². The highest BCUT2D eigenvalue weighted by Gasteiger charge is 2.30. The Morgan fingerprint density at radius 1 is 1.23 bits per heavy atom. The fourth-order valence-corrected chi connectivity index (χ4v) is 1.82. The van der Waals surface area contributed by atoms with E-state index in [1.54, 1.807) is 6.07 Å². The Balaban J connectivity index is 1.76. The molecule has 0 saturated carbocycles. The van der Waals surface area contributed by atoms with Crippen molar-refractivity contribution in [2.45, 2.75) is 12.8 Å². The van der Waals surface area contributed by atoms with Crippen molar-refractivity contribution >= 4 is 0 Å². The van der Waals surface area contributed by atoms with Gasteiger partial charge in [0.25, 0.3) is 0 Å². The largest absolute Gasteiger partial charge is 0.484 e. The summed E-state index contributed by atoms with van der Waals surface area (Å²) >= 11 is 0. The molecule has 0 radical (unpaired) electrons. The fourth-order valence-electron chi connectivity index (χ4n) is 1.82. The molecular weight excluding hydrogens is 299 g/mol. The molecule has 114 valence electrons. The van der Waals surface area contributed by atoms with E-state index in [1.165, 1.54) is 35.5 Å². The molecule has 0 unspecified atom stereocenters. The zero-order chi connectivity index (χ0) is 15.6. The molecular formula is C14H10F3N3O2. The van der Waals surface area contributed by atoms with Gasteiger partial charge >= 0.3 is 6.18 Å². The monoisotopic (exact) mass is 309 g/mol. The van der Waals surface area contributed by atoms with Gasteiger partial charge in [0.2, 0.25) is 0 Å². The Bertz CT molecular complexity index is 751. The van der Waals surface area contributed by atoms with Crippen LogP contribution in [0.5, 0.6) is 5.75 Å². The van der Waals surface area contributed by atoms with E-state index < -0.39 is 11.7 Å². The van der Waals surface area contributed by atoms with Crippen LogP contribution in [0.15, 0.2) is 53.5 Å². The van der Waals surface area contributed by atoms with Crippen molar-refractivity contribution in [3.8, 4) is 11.4 Å². The van der Waals surface area contributed by atoms with Crippen LogP contribution >= 0.6 is 0 Å². The molecule has 8 heteroatoms. The quantitative estimate of drug-likeness (QED) is 0.740. The summed E-state index contributed by atoms with van der Waals surface area (Å²) in [6.45, 7) is 0.185. The molecule has 0 aliphatic heterocycles. The van der Waals surface area contributed by atoms with Crippen molar-refractivity contribution in [3.63, 3.8) is 0 Å². The van der Waals surface area contributed by atoms with Gasteiger partial charge in [-0.3, -0.25) is 0 Å². The van der Waals surface area contributed by atoms with Gasteiger partial charge in [0.1, 0.15) is 18.6 Å². The molecule has 0 aliphatic rings. The Morgan fingerprint density at radius 3 is 2.82 bits per heavy atom. The molecule has 0 atom stereocenters. The van der Waals surface area contributed by atoms with Crippen LogP contribution in [0.2, 0.25) is 0 Å². The lowest BCUT2D eigenvalue weighted by atomic mass is 10.2. The zero-order valence-corrected chi connectivity index (χ0v) is 11.1. The normalized spacial score (nSPS) is 11.6. The second-order valence-corrected chi connectivity index (χ2v) is 4.45. The number of hydrogen-bond donors (Lipinski definition) is 0. The van der Waals surface area contributed by atoms with E-state index in [1.807, 2.05) is 0 Å². The van der Waals surface area contributed by atoms with Crippen LogP contribution < -0.4 is 4.74 Å². The maximum absolute atomic E-state index is 12.7. The maximum Gasteiger partial charge on any atom is 0.416 e. The minimum atomic E-state index is -4.39. The summed E-state index contributed by atoms with van der Waals surface area (Å²) in [5.74, 6) is 0.417. The first-order chi connectivity index (χ1) is 10.5. The van der Waals surface area contributed by atoms with Gasteiger partial charge in [-0.05, 0) is 18.2 Å². The Kier molecular flexibility index (Phi) is 3.58. The van der Waals surface area contributed by atoms with Gasteiger partial charge in [0.05, 0.1) is 23.6 Å². The standard InChI is InChI=1S/C14H10F3N3O2/c15-14(16,17)10-2-1-3-12(6-10)20-8-13(7-18-20)21-9-11-4-5-22-19-11/h1-8H,9H2. The predicted octanol–water partition coefficient (Wildman–Crippen LogP) is 3.46. The molecule has 0 spiro atoms. The highest BCUT2D eigenvalue weighted by Crippen LogP contribution is 2.30. The molecule has 5 nitrogen and oxygen atoms in total. The van der Waals surface area contributed by atoms with Crippen molar-refractivity contribution in [2.75, 3.05) is 0 Å². The van der Waals surface area contributed by atoms with Crippen molar-refractivity contribution < 1.29 is 22.4 Å². The minimum absolute atomic E-state index is 0.185. The number of ether oxygens (including phenoxy) is 1. The summed E-state index contributed by atoms with van der Waals surface area (Å²) in [7, 11) is 0. The van der Waals surface area contributed by atoms with Gasteiger partial charge in [-0.15, -0.1) is 0 Å². The fraction of sp³-hybridized carbons (Fsp3) is 0.143. The lowest BCUT2D eigenvalue weighted by Gasteiger charge is -2.08. The summed E-state index contributed by atoms with van der Waals surface area (Å²) < 4.78 is 49.5. The van der Waals surface area contributed by atoms with Gasteiger partial charge in [-0.1, -0.05) is 11.2 Å². The Hall–Kier alpha value is -2.77. The summed E-state index contributed by atoms with van der Waals surface area (Å²) in [5.41, 5.74) is 0.170. The third-order valence-corrected chi connectivity index (χ3v) is 2.87. The third kappa shape index (κ3) is 3.11. The van der Waals surface area contributed by atoms with Gasteiger partial charge in [-0.25, -0.2) is 4.68 Å². The second-order valence-electron chi connectivity index (χ2n) is 4.45. The Morgan fingerprint density at radius 2 is 2.09 bits per heavy atom. The molecule has 0 bridgehead atoms. The average Bonchev–Trinajstić information content (AvgIpc) is 3.16. The second kappa shape index (κ2) is 5.55. The van der Waals surface area contributed by atoms with Crippen molar-refractivity contribution in [1.82, 2.24) is 14.9 Å².